The lowest BCUT2D eigenvalue weighted by molar-refractivity contribution is -0.254. The molecular weight excluding hydrogens is 524 g/mol. The molecule has 1 aromatic heterocycles. The van der Waals surface area contributed by atoms with Crippen molar-refractivity contribution in [2.75, 3.05) is 13.2 Å². The predicted molar refractivity (Wildman–Crippen MR) is 150 cm³/mol. The van der Waals surface area contributed by atoms with Gasteiger partial charge in [-0.25, -0.2) is 4.79 Å². The molecule has 8 nitrogen and oxygen atoms in total. The number of furan rings is 1. The third-order valence-electron chi connectivity index (χ3n) is 11.8. The Morgan fingerprint density at radius 3 is 2.51 bits per heavy atom. The van der Waals surface area contributed by atoms with E-state index in [1.807, 2.05) is 13.0 Å². The monoisotopic (exact) mass is 568 g/mol. The highest BCUT2D eigenvalue weighted by Crippen LogP contribution is 2.72. The van der Waals surface area contributed by atoms with E-state index in [1.165, 1.54) is 12.5 Å². The van der Waals surface area contributed by atoms with Gasteiger partial charge in [0.15, 0.2) is 0 Å². The zero-order chi connectivity index (χ0) is 29.5. The van der Waals surface area contributed by atoms with Gasteiger partial charge in [-0.05, 0) is 56.7 Å². The van der Waals surface area contributed by atoms with Crippen molar-refractivity contribution >= 4 is 11.9 Å². The van der Waals surface area contributed by atoms with Crippen LogP contribution in [0.5, 0.6) is 0 Å². The molecule has 0 aromatic carbocycles. The molecule has 2 saturated carbocycles. The van der Waals surface area contributed by atoms with Gasteiger partial charge in [-0.3, -0.25) is 4.79 Å². The number of rotatable bonds is 4. The summed E-state index contributed by atoms with van der Waals surface area (Å²) < 4.78 is 30.9. The van der Waals surface area contributed by atoms with E-state index in [2.05, 4.69) is 27.7 Å². The van der Waals surface area contributed by atoms with Crippen molar-refractivity contribution in [1.82, 2.24) is 0 Å². The van der Waals surface area contributed by atoms with Crippen LogP contribution in [0.2, 0.25) is 0 Å². The van der Waals surface area contributed by atoms with Crippen LogP contribution in [0.1, 0.15) is 79.2 Å². The quantitative estimate of drug-likeness (QED) is 0.304. The van der Waals surface area contributed by atoms with Crippen molar-refractivity contribution in [1.29, 1.82) is 0 Å². The lowest BCUT2D eigenvalue weighted by atomic mass is 9.39. The van der Waals surface area contributed by atoms with E-state index in [9.17, 15) is 14.7 Å². The molecule has 224 valence electrons. The Morgan fingerprint density at radius 2 is 1.85 bits per heavy atom. The number of allylic oxidation sites excluding steroid dienone is 2. The number of hydrogen-bond donors (Lipinski definition) is 1. The molecular formula is C33H44O8. The molecule has 2 saturated heterocycles. The Balaban J connectivity index is 1.52. The summed E-state index contributed by atoms with van der Waals surface area (Å²) >= 11 is 0. The second-order valence-electron chi connectivity index (χ2n) is 13.7. The Labute approximate surface area is 242 Å². The fourth-order valence-corrected chi connectivity index (χ4v) is 9.94. The summed E-state index contributed by atoms with van der Waals surface area (Å²) in [6.07, 6.45) is 4.64. The van der Waals surface area contributed by atoms with Crippen LogP contribution >= 0.6 is 0 Å². The van der Waals surface area contributed by atoms with Gasteiger partial charge in [-0.2, -0.15) is 0 Å². The third-order valence-corrected chi connectivity index (χ3v) is 11.8. The van der Waals surface area contributed by atoms with Crippen LogP contribution in [0.25, 0.3) is 0 Å². The largest absolute Gasteiger partial charge is 0.472 e. The molecule has 0 radical (unpaired) electrons. The van der Waals surface area contributed by atoms with Gasteiger partial charge >= 0.3 is 11.9 Å². The molecule has 0 unspecified atom stereocenters. The number of aliphatic hydroxyl groups excluding tert-OH is 1. The van der Waals surface area contributed by atoms with Gasteiger partial charge < -0.3 is 28.5 Å². The van der Waals surface area contributed by atoms with E-state index < -0.39 is 40.7 Å². The maximum absolute atomic E-state index is 13.3. The number of aliphatic hydroxyl groups is 1. The van der Waals surface area contributed by atoms with Crippen molar-refractivity contribution in [2.24, 2.45) is 28.1 Å². The van der Waals surface area contributed by atoms with Crippen molar-refractivity contribution in [3.05, 3.63) is 47.0 Å². The fraction of sp³-hybridized carbons (Fsp3) is 0.697. The van der Waals surface area contributed by atoms with E-state index in [0.29, 0.717) is 31.6 Å². The molecule has 5 aliphatic rings. The average molecular weight is 569 g/mol. The summed E-state index contributed by atoms with van der Waals surface area (Å²) in [7, 11) is 0. The molecule has 4 fully saturated rings. The standard InChI is InChI=1S/C33H44O8/c1-8-17(2)30(36)41-25-14-24(40-19(4)34)31(5)16-39-27-28(31)32(25,6)23-10-12-38-22-13-21(20-9-11-37-15-20)18(3)26(22)33(23,7)29(27)35/h8-9,11,15,21-25,27-29,35H,10,12-14,16H2,1-7H3/b17-8+/t21-,22+,23-,24-,25+,27-,28+,29-,31-,32+,33-/m1/s1. The van der Waals surface area contributed by atoms with Crippen LogP contribution in [0.3, 0.4) is 0 Å². The number of ether oxygens (including phenoxy) is 4. The number of carbonyl (C=O) groups is 2. The summed E-state index contributed by atoms with van der Waals surface area (Å²) in [5, 5.41) is 12.4. The first-order valence-electron chi connectivity index (χ1n) is 15.0. The second kappa shape index (κ2) is 9.81. The van der Waals surface area contributed by atoms with Crippen LogP contribution in [-0.2, 0) is 28.5 Å². The van der Waals surface area contributed by atoms with Crippen LogP contribution < -0.4 is 0 Å². The number of fused-ring (bicyclic) bond motifs is 4. The summed E-state index contributed by atoms with van der Waals surface area (Å²) in [5.41, 5.74) is 2.19. The summed E-state index contributed by atoms with van der Waals surface area (Å²) in [6, 6.07) is 2.01. The molecule has 0 bridgehead atoms. The van der Waals surface area contributed by atoms with Crippen LogP contribution in [0, 0.1) is 28.1 Å². The molecule has 0 amide bonds. The van der Waals surface area contributed by atoms with Gasteiger partial charge in [0.1, 0.15) is 12.2 Å². The minimum atomic E-state index is -0.811. The maximum atomic E-state index is 13.3. The lowest BCUT2D eigenvalue weighted by Crippen LogP contribution is -2.71. The number of hydrogen-bond acceptors (Lipinski definition) is 8. The van der Waals surface area contributed by atoms with E-state index >= 15 is 0 Å². The average Bonchev–Trinajstić information content (AvgIpc) is 3.63. The zero-order valence-electron chi connectivity index (χ0n) is 25.3. The third kappa shape index (κ3) is 3.89. The SMILES string of the molecule is C/C=C(\C)C(=O)O[C@H]1C[C@@H](OC(C)=O)[C@@]2(C)CO[C@H]3[C@@H](O)[C@@]4(C)C5=C(C)[C@H](c6ccoc6)C[C@@H]5OCC[C@@H]4[C@]1(C)[C@@H]32. The van der Waals surface area contributed by atoms with Gasteiger partial charge in [0, 0.05) is 53.6 Å². The van der Waals surface area contributed by atoms with Crippen LogP contribution in [-0.4, -0.2) is 60.8 Å². The molecule has 41 heavy (non-hydrogen) atoms. The topological polar surface area (TPSA) is 104 Å². The number of esters is 2. The van der Waals surface area contributed by atoms with Gasteiger partial charge in [-0.15, -0.1) is 0 Å². The first-order valence-corrected chi connectivity index (χ1v) is 15.0. The first kappa shape index (κ1) is 28.7. The summed E-state index contributed by atoms with van der Waals surface area (Å²) in [5.74, 6) is -0.878. The van der Waals surface area contributed by atoms with Gasteiger partial charge in [-0.1, -0.05) is 32.4 Å². The molecule has 1 aromatic rings. The van der Waals surface area contributed by atoms with Crippen molar-refractivity contribution in [3.8, 4) is 0 Å². The smallest absolute Gasteiger partial charge is 0.333 e. The summed E-state index contributed by atoms with van der Waals surface area (Å²) in [6.45, 7) is 14.6. The highest BCUT2D eigenvalue weighted by Gasteiger charge is 2.76. The Morgan fingerprint density at radius 1 is 1.10 bits per heavy atom. The lowest BCUT2D eigenvalue weighted by Gasteiger charge is -2.66. The Kier molecular flexibility index (Phi) is 6.87. The molecule has 2 aliphatic heterocycles. The molecule has 1 N–H and O–H groups in total. The van der Waals surface area contributed by atoms with Crippen LogP contribution in [0.4, 0.5) is 0 Å². The summed E-state index contributed by atoms with van der Waals surface area (Å²) in [4.78, 5) is 25.6. The van der Waals surface area contributed by atoms with E-state index in [0.717, 1.165) is 17.6 Å². The molecule has 0 spiro atoms. The zero-order valence-corrected chi connectivity index (χ0v) is 25.3. The maximum Gasteiger partial charge on any atom is 0.333 e. The van der Waals surface area contributed by atoms with E-state index in [4.69, 9.17) is 23.4 Å². The van der Waals surface area contributed by atoms with Gasteiger partial charge in [0.05, 0.1) is 37.4 Å². The number of carbonyl (C=O) groups excluding carboxylic acids is 2. The van der Waals surface area contributed by atoms with E-state index in [-0.39, 0.29) is 35.8 Å². The molecule has 8 heteroatoms. The predicted octanol–water partition coefficient (Wildman–Crippen LogP) is 5.11. The van der Waals surface area contributed by atoms with Crippen molar-refractivity contribution in [3.63, 3.8) is 0 Å². The van der Waals surface area contributed by atoms with Crippen molar-refractivity contribution in [2.45, 2.75) is 104 Å². The highest BCUT2D eigenvalue weighted by molar-refractivity contribution is 5.87. The van der Waals surface area contributed by atoms with E-state index in [1.54, 1.807) is 25.5 Å². The molecule has 11 atom stereocenters. The van der Waals surface area contributed by atoms with Gasteiger partial charge in [0.2, 0.25) is 0 Å². The normalized spacial score (nSPS) is 45.4. The molecule has 3 heterocycles. The Bertz CT molecular complexity index is 1280. The molecule has 6 rings (SSSR count). The van der Waals surface area contributed by atoms with Crippen molar-refractivity contribution < 1.29 is 38.1 Å². The highest BCUT2D eigenvalue weighted by atomic mass is 16.6. The van der Waals surface area contributed by atoms with Crippen LogP contribution in [0.15, 0.2) is 45.8 Å². The second-order valence-corrected chi connectivity index (χ2v) is 13.7. The minimum Gasteiger partial charge on any atom is -0.472 e. The minimum absolute atomic E-state index is 0.0766. The Hall–Kier alpha value is -2.42. The van der Waals surface area contributed by atoms with Gasteiger partial charge in [0.25, 0.3) is 0 Å². The molecule has 3 aliphatic carbocycles. The first-order chi connectivity index (χ1) is 19.4. The fourth-order valence-electron chi connectivity index (χ4n) is 9.94.